The third-order valence-electron chi connectivity index (χ3n) is 2.06. The lowest BCUT2D eigenvalue weighted by Crippen LogP contribution is -2.04. The summed E-state index contributed by atoms with van der Waals surface area (Å²) in [6.07, 6.45) is 1.14. The van der Waals surface area contributed by atoms with Crippen LogP contribution in [0.1, 0.15) is 17.5 Å². The fourth-order valence-electron chi connectivity index (χ4n) is 1.32. The van der Waals surface area contributed by atoms with Gasteiger partial charge in [-0.2, -0.15) is 4.80 Å². The smallest absolute Gasteiger partial charge is 0.177 e. The van der Waals surface area contributed by atoms with Crippen LogP contribution in [0.4, 0.5) is 0 Å². The molecule has 1 N–H and O–H groups in total. The number of hydrogen-bond acceptors (Lipinski definition) is 5. The Morgan fingerprint density at radius 1 is 1.56 bits per heavy atom. The van der Waals surface area contributed by atoms with Gasteiger partial charge in [0.1, 0.15) is 5.15 Å². The van der Waals surface area contributed by atoms with Crippen LogP contribution in [0.5, 0.6) is 0 Å². The summed E-state index contributed by atoms with van der Waals surface area (Å²) in [7, 11) is 1.67. The van der Waals surface area contributed by atoms with Crippen LogP contribution in [0.2, 0.25) is 5.15 Å². The summed E-state index contributed by atoms with van der Waals surface area (Å²) >= 11 is 5.73. The summed E-state index contributed by atoms with van der Waals surface area (Å²) in [5.74, 6) is 0.489. The highest BCUT2D eigenvalue weighted by Gasteiger charge is 2.12. The molecular weight excluding hydrogens is 230 g/mol. The highest BCUT2D eigenvalue weighted by molar-refractivity contribution is 6.29. The molecule has 16 heavy (non-hydrogen) atoms. The van der Waals surface area contributed by atoms with E-state index in [-0.39, 0.29) is 0 Å². The Morgan fingerprint density at radius 3 is 3.00 bits per heavy atom. The second-order valence-corrected chi connectivity index (χ2v) is 3.71. The van der Waals surface area contributed by atoms with Crippen molar-refractivity contribution in [2.45, 2.75) is 12.5 Å². The molecule has 84 valence electrons. The van der Waals surface area contributed by atoms with Gasteiger partial charge in [0.2, 0.25) is 0 Å². The Kier molecular flexibility index (Phi) is 3.12. The first-order valence-corrected chi connectivity index (χ1v) is 5.05. The van der Waals surface area contributed by atoms with Gasteiger partial charge in [0, 0.05) is 12.6 Å². The highest BCUT2D eigenvalue weighted by Crippen LogP contribution is 2.18. The summed E-state index contributed by atoms with van der Waals surface area (Å²) in [4.78, 5) is 5.19. The second-order valence-electron chi connectivity index (χ2n) is 3.33. The van der Waals surface area contributed by atoms with E-state index in [1.807, 2.05) is 0 Å². The summed E-state index contributed by atoms with van der Waals surface area (Å²) in [5.41, 5.74) is 0.687. The van der Waals surface area contributed by atoms with Crippen molar-refractivity contribution in [1.29, 1.82) is 0 Å². The molecule has 6 nitrogen and oxygen atoms in total. The molecule has 2 aromatic heterocycles. The average Bonchev–Trinajstić information content (AvgIpc) is 2.64. The van der Waals surface area contributed by atoms with Gasteiger partial charge < -0.3 is 5.11 Å². The molecule has 1 unspecified atom stereocenters. The van der Waals surface area contributed by atoms with Crippen molar-refractivity contribution in [1.82, 2.24) is 25.2 Å². The quantitative estimate of drug-likeness (QED) is 0.791. The number of halogens is 1. The minimum atomic E-state index is -0.704. The number of pyridine rings is 1. The van der Waals surface area contributed by atoms with E-state index >= 15 is 0 Å². The van der Waals surface area contributed by atoms with Gasteiger partial charge in [0.25, 0.3) is 0 Å². The molecule has 1 atom stereocenters. The Morgan fingerprint density at radius 2 is 2.38 bits per heavy atom. The zero-order valence-corrected chi connectivity index (χ0v) is 9.33. The Hall–Kier alpha value is -1.53. The summed E-state index contributed by atoms with van der Waals surface area (Å²) in [6, 6.07) is 3.31. The zero-order chi connectivity index (χ0) is 11.5. The van der Waals surface area contributed by atoms with E-state index in [2.05, 4.69) is 20.4 Å². The van der Waals surface area contributed by atoms with Gasteiger partial charge in [-0.1, -0.05) is 11.6 Å². The largest absolute Gasteiger partial charge is 0.388 e. The molecular formula is C9H10ClN5O. The van der Waals surface area contributed by atoms with Crippen molar-refractivity contribution < 1.29 is 5.11 Å². The van der Waals surface area contributed by atoms with E-state index in [1.54, 1.807) is 25.4 Å². The molecule has 2 aromatic rings. The molecule has 0 spiro atoms. The predicted molar refractivity (Wildman–Crippen MR) is 56.7 cm³/mol. The Labute approximate surface area is 96.9 Å². The normalized spacial score (nSPS) is 12.7. The SMILES string of the molecule is Cn1nnc(CC(O)c2ccnc(Cl)c2)n1. The molecule has 0 aliphatic heterocycles. The molecule has 0 saturated heterocycles. The molecule has 0 bridgehead atoms. The number of rotatable bonds is 3. The van der Waals surface area contributed by atoms with Gasteiger partial charge in [0.05, 0.1) is 13.2 Å². The number of aliphatic hydroxyl groups is 1. The van der Waals surface area contributed by atoms with Gasteiger partial charge >= 0.3 is 0 Å². The van der Waals surface area contributed by atoms with E-state index in [9.17, 15) is 5.11 Å². The minimum Gasteiger partial charge on any atom is -0.388 e. The van der Waals surface area contributed by atoms with Crippen LogP contribution in [0.25, 0.3) is 0 Å². The number of tetrazole rings is 1. The van der Waals surface area contributed by atoms with Crippen LogP contribution in [0, 0.1) is 0 Å². The fraction of sp³-hybridized carbons (Fsp3) is 0.333. The van der Waals surface area contributed by atoms with Crippen LogP contribution in [-0.2, 0) is 13.5 Å². The molecule has 0 fully saturated rings. The summed E-state index contributed by atoms with van der Waals surface area (Å²) in [6.45, 7) is 0. The highest BCUT2D eigenvalue weighted by atomic mass is 35.5. The lowest BCUT2D eigenvalue weighted by molar-refractivity contribution is 0.175. The van der Waals surface area contributed by atoms with Crippen LogP contribution in [-0.4, -0.2) is 30.3 Å². The maximum Gasteiger partial charge on any atom is 0.177 e. The molecule has 0 saturated carbocycles. The molecule has 0 aliphatic rings. The van der Waals surface area contributed by atoms with E-state index in [0.29, 0.717) is 23.0 Å². The van der Waals surface area contributed by atoms with Crippen LogP contribution < -0.4 is 0 Å². The van der Waals surface area contributed by atoms with Gasteiger partial charge in [-0.15, -0.1) is 10.2 Å². The standard InChI is InChI=1S/C9H10ClN5O/c1-15-13-9(12-14-15)5-7(16)6-2-3-11-8(10)4-6/h2-4,7,16H,5H2,1H3. The van der Waals surface area contributed by atoms with Gasteiger partial charge in [-0.25, -0.2) is 4.98 Å². The van der Waals surface area contributed by atoms with Crippen molar-refractivity contribution in [2.75, 3.05) is 0 Å². The van der Waals surface area contributed by atoms with E-state index in [0.717, 1.165) is 0 Å². The maximum atomic E-state index is 9.90. The zero-order valence-electron chi connectivity index (χ0n) is 8.58. The molecule has 0 radical (unpaired) electrons. The van der Waals surface area contributed by atoms with Crippen LogP contribution in [0.15, 0.2) is 18.3 Å². The van der Waals surface area contributed by atoms with Crippen LogP contribution >= 0.6 is 11.6 Å². The topological polar surface area (TPSA) is 76.7 Å². The first-order valence-electron chi connectivity index (χ1n) is 4.67. The third-order valence-corrected chi connectivity index (χ3v) is 2.27. The molecule has 2 heterocycles. The third kappa shape index (κ3) is 2.53. The second kappa shape index (κ2) is 4.54. The lowest BCUT2D eigenvalue weighted by atomic mass is 10.1. The summed E-state index contributed by atoms with van der Waals surface area (Å²) < 4.78 is 0. The number of aryl methyl sites for hydroxylation is 1. The van der Waals surface area contributed by atoms with E-state index in [4.69, 9.17) is 11.6 Å². The first kappa shape index (κ1) is 11.0. The van der Waals surface area contributed by atoms with Gasteiger partial charge in [0.15, 0.2) is 5.82 Å². The fourth-order valence-corrected chi connectivity index (χ4v) is 1.50. The molecule has 2 rings (SSSR count). The van der Waals surface area contributed by atoms with Crippen molar-refractivity contribution >= 4 is 11.6 Å². The van der Waals surface area contributed by atoms with Crippen LogP contribution in [0.3, 0.4) is 0 Å². The van der Waals surface area contributed by atoms with Crippen molar-refractivity contribution in [2.24, 2.45) is 7.05 Å². The van der Waals surface area contributed by atoms with E-state index < -0.39 is 6.10 Å². The molecule has 0 aromatic carbocycles. The number of hydrogen-bond donors (Lipinski definition) is 1. The number of nitrogens with zero attached hydrogens (tertiary/aromatic N) is 5. The lowest BCUT2D eigenvalue weighted by Gasteiger charge is -2.07. The monoisotopic (exact) mass is 239 g/mol. The molecule has 0 aliphatic carbocycles. The van der Waals surface area contributed by atoms with Gasteiger partial charge in [-0.3, -0.25) is 0 Å². The molecule has 7 heteroatoms. The molecule has 0 amide bonds. The maximum absolute atomic E-state index is 9.90. The average molecular weight is 240 g/mol. The predicted octanol–water partition coefficient (Wildman–Crippen LogP) is 0.535. The van der Waals surface area contributed by atoms with E-state index in [1.165, 1.54) is 4.80 Å². The van der Waals surface area contributed by atoms with Crippen molar-refractivity contribution in [3.8, 4) is 0 Å². The number of aliphatic hydroxyl groups excluding tert-OH is 1. The minimum absolute atomic E-state index is 0.300. The Balaban J connectivity index is 2.11. The first-order chi connectivity index (χ1) is 7.65. The van der Waals surface area contributed by atoms with Gasteiger partial charge in [-0.05, 0) is 22.9 Å². The van der Waals surface area contributed by atoms with Crippen molar-refractivity contribution in [3.63, 3.8) is 0 Å². The van der Waals surface area contributed by atoms with Crippen molar-refractivity contribution in [3.05, 3.63) is 34.9 Å². The summed E-state index contributed by atoms with van der Waals surface area (Å²) in [5, 5.41) is 21.7. The Bertz CT molecular complexity index is 486. The number of aromatic nitrogens is 5.